The van der Waals surface area contributed by atoms with E-state index >= 15 is 0 Å². The Balaban J connectivity index is 1.33. The third kappa shape index (κ3) is 4.08. The molecule has 1 aliphatic rings. The van der Waals surface area contributed by atoms with Gasteiger partial charge >= 0.3 is 0 Å². The van der Waals surface area contributed by atoms with Crippen LogP contribution >= 0.6 is 0 Å². The van der Waals surface area contributed by atoms with E-state index in [1.165, 1.54) is 36.0 Å². The van der Waals surface area contributed by atoms with E-state index in [1.807, 2.05) is 0 Å². The van der Waals surface area contributed by atoms with Crippen molar-refractivity contribution in [1.29, 1.82) is 0 Å². The van der Waals surface area contributed by atoms with Crippen LogP contribution < -0.4 is 20.7 Å². The summed E-state index contributed by atoms with van der Waals surface area (Å²) in [5.74, 6) is -0.152. The Kier molecular flexibility index (Phi) is 5.74. The lowest BCUT2D eigenvalue weighted by Gasteiger charge is -2.37. The Hall–Kier alpha value is -4.56. The summed E-state index contributed by atoms with van der Waals surface area (Å²) >= 11 is 0. The molecule has 1 fully saturated rings. The largest absolute Gasteiger partial charge is 0.481 e. The van der Waals surface area contributed by atoms with Gasteiger partial charge < -0.3 is 30.2 Å². The highest BCUT2D eigenvalue weighted by Gasteiger charge is 2.49. The highest BCUT2D eigenvalue weighted by Crippen LogP contribution is 2.27. The molecule has 1 aliphatic heterocycles. The molecule has 0 bridgehead atoms. The number of hydrogen-bond acceptors (Lipinski definition) is 11. The standard InChI is InChI=1S/C22H22N8O6/c1-22(33,21(32)26-12-3-4-13-14(9-12)36-28-19(13)23)18-20(31)29(7-8-35-18)15-5-6-30(27-15)16-10-17(34-2)25-11-24-16/h3-6,9-11,18,33H,7-8H2,1-2H3,(H2,23,28)(H,26,32). The van der Waals surface area contributed by atoms with Gasteiger partial charge in [0, 0.05) is 30.1 Å². The summed E-state index contributed by atoms with van der Waals surface area (Å²) in [5, 5.41) is 22.3. The van der Waals surface area contributed by atoms with Gasteiger partial charge in [-0.1, -0.05) is 5.16 Å². The van der Waals surface area contributed by atoms with Gasteiger partial charge in [0.15, 0.2) is 34.7 Å². The van der Waals surface area contributed by atoms with Crippen molar-refractivity contribution < 1.29 is 28.7 Å². The van der Waals surface area contributed by atoms with Crippen molar-refractivity contribution in [3.63, 3.8) is 0 Å². The second-order valence-electron chi connectivity index (χ2n) is 8.16. The Morgan fingerprint density at radius 2 is 2.11 bits per heavy atom. The number of methoxy groups -OCH3 is 1. The maximum atomic E-state index is 13.3. The molecule has 0 radical (unpaired) electrons. The molecule has 186 valence electrons. The van der Waals surface area contributed by atoms with Gasteiger partial charge in [-0.2, -0.15) is 0 Å². The monoisotopic (exact) mass is 494 g/mol. The highest BCUT2D eigenvalue weighted by molar-refractivity contribution is 6.06. The SMILES string of the molecule is COc1cc(-n2ccc(N3CCOC(C(C)(O)C(=O)Nc4ccc5c(N)noc5c4)C3=O)n2)ncn1. The molecule has 5 rings (SSSR count). The van der Waals surface area contributed by atoms with Gasteiger partial charge in [0.2, 0.25) is 5.88 Å². The van der Waals surface area contributed by atoms with E-state index in [0.29, 0.717) is 34.2 Å². The molecule has 14 heteroatoms. The van der Waals surface area contributed by atoms with Gasteiger partial charge in [-0.3, -0.25) is 14.5 Å². The lowest BCUT2D eigenvalue weighted by molar-refractivity contribution is -0.165. The molecule has 0 spiro atoms. The Bertz CT molecular complexity index is 1450. The van der Waals surface area contributed by atoms with Crippen molar-refractivity contribution >= 4 is 40.1 Å². The van der Waals surface area contributed by atoms with Crippen molar-refractivity contribution in [2.75, 3.05) is 36.2 Å². The van der Waals surface area contributed by atoms with Crippen LogP contribution in [0, 0.1) is 0 Å². The molecule has 4 aromatic rings. The van der Waals surface area contributed by atoms with Crippen molar-refractivity contribution in [2.24, 2.45) is 0 Å². The van der Waals surface area contributed by atoms with Crippen LogP contribution in [0.2, 0.25) is 0 Å². The Morgan fingerprint density at radius 1 is 1.28 bits per heavy atom. The predicted octanol–water partition coefficient (Wildman–Crippen LogP) is 0.516. The van der Waals surface area contributed by atoms with Crippen molar-refractivity contribution in [2.45, 2.75) is 18.6 Å². The van der Waals surface area contributed by atoms with E-state index in [4.69, 9.17) is 19.7 Å². The number of benzene rings is 1. The fraction of sp³-hybridized carbons (Fsp3) is 0.273. The fourth-order valence-corrected chi connectivity index (χ4v) is 3.78. The molecule has 36 heavy (non-hydrogen) atoms. The molecular formula is C22H22N8O6. The number of morpholine rings is 1. The number of aromatic nitrogens is 5. The molecule has 4 N–H and O–H groups in total. The maximum absolute atomic E-state index is 13.3. The van der Waals surface area contributed by atoms with E-state index in [9.17, 15) is 14.7 Å². The topological polar surface area (TPSA) is 184 Å². The Morgan fingerprint density at radius 3 is 2.92 bits per heavy atom. The van der Waals surface area contributed by atoms with Gasteiger partial charge in [-0.05, 0) is 19.1 Å². The lowest BCUT2D eigenvalue weighted by Crippen LogP contribution is -2.61. The molecule has 0 aliphatic carbocycles. The number of rotatable bonds is 6. The van der Waals surface area contributed by atoms with Crippen molar-refractivity contribution in [1.82, 2.24) is 24.9 Å². The van der Waals surface area contributed by atoms with Gasteiger partial charge in [0.05, 0.1) is 25.6 Å². The quantitative estimate of drug-likeness (QED) is 0.339. The molecule has 14 nitrogen and oxygen atoms in total. The van der Waals surface area contributed by atoms with Gasteiger partial charge in [-0.15, -0.1) is 5.10 Å². The van der Waals surface area contributed by atoms with E-state index in [1.54, 1.807) is 30.5 Å². The first-order chi connectivity index (χ1) is 17.3. The number of carbonyl (C=O) groups excluding carboxylic acids is 2. The molecule has 3 aromatic heterocycles. The van der Waals surface area contributed by atoms with Crippen molar-refractivity contribution in [3.05, 3.63) is 42.9 Å². The normalized spacial score (nSPS) is 17.7. The molecule has 0 saturated carbocycles. The number of nitrogens with zero attached hydrogens (tertiary/aromatic N) is 6. The van der Waals surface area contributed by atoms with Crippen LogP contribution in [0.15, 0.2) is 47.4 Å². The van der Waals surface area contributed by atoms with Gasteiger partial charge in [0.1, 0.15) is 6.33 Å². The molecule has 1 saturated heterocycles. The van der Waals surface area contributed by atoms with Crippen LogP contribution in [-0.4, -0.2) is 73.8 Å². The smallest absolute Gasteiger partial charge is 0.260 e. The Labute approximate surface area is 203 Å². The average Bonchev–Trinajstić information content (AvgIpc) is 3.51. The van der Waals surface area contributed by atoms with Gasteiger partial charge in [-0.25, -0.2) is 14.6 Å². The molecule has 4 heterocycles. The second-order valence-corrected chi connectivity index (χ2v) is 8.16. The summed E-state index contributed by atoms with van der Waals surface area (Å²) in [7, 11) is 1.48. The van der Waals surface area contributed by atoms with Crippen LogP contribution in [0.25, 0.3) is 16.8 Å². The highest BCUT2D eigenvalue weighted by atomic mass is 16.5. The minimum atomic E-state index is -2.20. The second kappa shape index (κ2) is 8.90. The average molecular weight is 494 g/mol. The summed E-state index contributed by atoms with van der Waals surface area (Å²) in [6, 6.07) is 7.91. The number of nitrogen functional groups attached to an aromatic ring is 1. The van der Waals surface area contributed by atoms with Crippen LogP contribution in [0.1, 0.15) is 6.92 Å². The maximum Gasteiger partial charge on any atom is 0.260 e. The van der Waals surface area contributed by atoms with Crippen LogP contribution in [0.3, 0.4) is 0 Å². The number of hydrogen-bond donors (Lipinski definition) is 3. The van der Waals surface area contributed by atoms with Crippen LogP contribution in [-0.2, 0) is 14.3 Å². The third-order valence-electron chi connectivity index (χ3n) is 5.74. The first-order valence-corrected chi connectivity index (χ1v) is 10.8. The first kappa shape index (κ1) is 23.2. The number of fused-ring (bicyclic) bond motifs is 1. The number of amides is 2. The van der Waals surface area contributed by atoms with Crippen LogP contribution in [0.5, 0.6) is 5.88 Å². The third-order valence-corrected chi connectivity index (χ3v) is 5.74. The zero-order valence-electron chi connectivity index (χ0n) is 19.3. The predicted molar refractivity (Wildman–Crippen MR) is 125 cm³/mol. The molecular weight excluding hydrogens is 472 g/mol. The van der Waals surface area contributed by atoms with E-state index in [2.05, 4.69) is 25.5 Å². The minimum absolute atomic E-state index is 0.0807. The molecule has 1 aromatic carbocycles. The number of carbonyl (C=O) groups is 2. The number of nitrogens with one attached hydrogen (secondary N) is 1. The number of aliphatic hydroxyl groups is 1. The number of nitrogens with two attached hydrogens (primary N) is 1. The summed E-state index contributed by atoms with van der Waals surface area (Å²) < 4.78 is 17.2. The van der Waals surface area contributed by atoms with Gasteiger partial charge in [0.25, 0.3) is 11.8 Å². The molecule has 2 amide bonds. The summed E-state index contributed by atoms with van der Waals surface area (Å²) in [4.78, 5) is 35.7. The van der Waals surface area contributed by atoms with Crippen LogP contribution in [0.4, 0.5) is 17.3 Å². The summed E-state index contributed by atoms with van der Waals surface area (Å²) in [5.41, 5.74) is 4.19. The minimum Gasteiger partial charge on any atom is -0.481 e. The van der Waals surface area contributed by atoms with E-state index in [0.717, 1.165) is 0 Å². The summed E-state index contributed by atoms with van der Waals surface area (Å²) in [6.07, 6.45) is 1.47. The van der Waals surface area contributed by atoms with E-state index in [-0.39, 0.29) is 19.0 Å². The first-order valence-electron chi connectivity index (χ1n) is 10.8. The van der Waals surface area contributed by atoms with E-state index < -0.39 is 23.5 Å². The fourth-order valence-electron chi connectivity index (χ4n) is 3.78. The zero-order valence-corrected chi connectivity index (χ0v) is 19.3. The number of anilines is 3. The summed E-state index contributed by atoms with van der Waals surface area (Å²) in [6.45, 7) is 1.48. The zero-order chi connectivity index (χ0) is 25.4. The molecule has 2 atom stereocenters. The van der Waals surface area contributed by atoms with Crippen molar-refractivity contribution in [3.8, 4) is 11.7 Å². The molecule has 2 unspecified atom stereocenters. The number of ether oxygens (including phenoxy) is 2. The lowest BCUT2D eigenvalue weighted by atomic mass is 9.95.